The molecule has 0 heterocycles. The fourth-order valence-corrected chi connectivity index (χ4v) is 4.71. The van der Waals surface area contributed by atoms with Crippen molar-refractivity contribution in [2.45, 2.75) is 37.5 Å². The van der Waals surface area contributed by atoms with E-state index in [-0.39, 0.29) is 24.9 Å². The van der Waals surface area contributed by atoms with Gasteiger partial charge in [0.25, 0.3) is 0 Å². The van der Waals surface area contributed by atoms with Gasteiger partial charge >= 0.3 is 0 Å². The zero-order chi connectivity index (χ0) is 15.3. The Labute approximate surface area is 125 Å². The Morgan fingerprint density at radius 1 is 1.29 bits per heavy atom. The van der Waals surface area contributed by atoms with Gasteiger partial charge < -0.3 is 5.11 Å². The first-order chi connectivity index (χ1) is 10.1. The van der Waals surface area contributed by atoms with Crippen LogP contribution in [0, 0.1) is 11.3 Å². The maximum atomic E-state index is 12.7. The van der Waals surface area contributed by atoms with Crippen LogP contribution in [-0.2, 0) is 15.8 Å². The van der Waals surface area contributed by atoms with Crippen LogP contribution in [0.5, 0.6) is 0 Å². The van der Waals surface area contributed by atoms with Crippen molar-refractivity contribution in [1.29, 1.82) is 5.26 Å². The Bertz CT molecular complexity index is 616. The summed E-state index contributed by atoms with van der Waals surface area (Å²) in [4.78, 5) is 0. The quantitative estimate of drug-likeness (QED) is 0.866. The number of aliphatic hydroxyl groups excluding tert-OH is 1. The first-order valence-electron chi connectivity index (χ1n) is 7.17. The second kappa shape index (κ2) is 7.03. The van der Waals surface area contributed by atoms with E-state index in [0.29, 0.717) is 11.1 Å². The van der Waals surface area contributed by atoms with Crippen LogP contribution in [0.4, 0.5) is 0 Å². The lowest BCUT2D eigenvalue weighted by molar-refractivity contribution is 0.226. The highest BCUT2D eigenvalue weighted by Crippen LogP contribution is 2.27. The predicted octanol–water partition coefficient (Wildman–Crippen LogP) is 1.62. The largest absolute Gasteiger partial charge is 0.395 e. The molecule has 1 saturated carbocycles. The van der Waals surface area contributed by atoms with Crippen LogP contribution in [0.15, 0.2) is 24.3 Å². The Morgan fingerprint density at radius 2 is 1.95 bits per heavy atom. The summed E-state index contributed by atoms with van der Waals surface area (Å²) in [5.41, 5.74) is 0.900. The smallest absolute Gasteiger partial charge is 0.218 e. The van der Waals surface area contributed by atoms with Crippen LogP contribution in [0.3, 0.4) is 0 Å². The van der Waals surface area contributed by atoms with Gasteiger partial charge in [-0.1, -0.05) is 31.0 Å². The Morgan fingerprint density at radius 3 is 2.57 bits per heavy atom. The second-order valence-electron chi connectivity index (χ2n) is 5.30. The molecule has 0 saturated heterocycles. The third kappa shape index (κ3) is 3.82. The van der Waals surface area contributed by atoms with E-state index in [0.717, 1.165) is 25.7 Å². The van der Waals surface area contributed by atoms with Crippen LogP contribution in [0.25, 0.3) is 0 Å². The predicted molar refractivity (Wildman–Crippen MR) is 79.8 cm³/mol. The first-order valence-corrected chi connectivity index (χ1v) is 8.78. The molecule has 0 amide bonds. The Hall–Kier alpha value is -1.42. The zero-order valence-corrected chi connectivity index (χ0v) is 12.7. The number of hydrogen-bond donors (Lipinski definition) is 1. The second-order valence-corrected chi connectivity index (χ2v) is 7.22. The molecule has 0 spiro atoms. The molecule has 0 aromatic heterocycles. The van der Waals surface area contributed by atoms with E-state index in [9.17, 15) is 8.42 Å². The average Bonchev–Trinajstić information content (AvgIpc) is 2.98. The SMILES string of the molecule is N#Cc1ccccc1CS(=O)(=O)N(CCO)C1CCCC1. The summed E-state index contributed by atoms with van der Waals surface area (Å²) in [6.45, 7) is -0.0582. The normalized spacial score (nSPS) is 16.2. The topological polar surface area (TPSA) is 81.4 Å². The van der Waals surface area contributed by atoms with Crippen LogP contribution in [0.2, 0.25) is 0 Å². The standard InChI is InChI=1S/C15H20N2O3S/c16-11-13-5-1-2-6-14(13)12-21(19,20)17(9-10-18)15-7-3-4-8-15/h1-2,5-6,15,18H,3-4,7-10,12H2. The number of rotatable bonds is 6. The minimum Gasteiger partial charge on any atom is -0.395 e. The monoisotopic (exact) mass is 308 g/mol. The van der Waals surface area contributed by atoms with Gasteiger partial charge in [0.15, 0.2) is 0 Å². The molecule has 1 aromatic rings. The summed E-state index contributed by atoms with van der Waals surface area (Å²) in [7, 11) is -3.53. The van der Waals surface area contributed by atoms with E-state index in [2.05, 4.69) is 0 Å². The Balaban J connectivity index is 2.24. The van der Waals surface area contributed by atoms with Crippen molar-refractivity contribution in [3.8, 4) is 6.07 Å². The number of sulfonamides is 1. The number of nitriles is 1. The van der Waals surface area contributed by atoms with Gasteiger partial charge in [0, 0.05) is 12.6 Å². The zero-order valence-electron chi connectivity index (χ0n) is 11.9. The molecule has 1 N–H and O–H groups in total. The van der Waals surface area contributed by atoms with E-state index in [1.165, 1.54) is 4.31 Å². The van der Waals surface area contributed by atoms with Gasteiger partial charge in [0.1, 0.15) is 0 Å². The highest BCUT2D eigenvalue weighted by molar-refractivity contribution is 7.88. The third-order valence-electron chi connectivity index (χ3n) is 3.89. The van der Waals surface area contributed by atoms with Gasteiger partial charge in [-0.2, -0.15) is 9.57 Å². The Kier molecular flexibility index (Phi) is 5.34. The molecule has 1 aliphatic rings. The molecule has 1 aliphatic carbocycles. The molecular formula is C15H20N2O3S. The molecule has 0 bridgehead atoms. The lowest BCUT2D eigenvalue weighted by Gasteiger charge is -2.27. The van der Waals surface area contributed by atoms with E-state index in [1.54, 1.807) is 24.3 Å². The van der Waals surface area contributed by atoms with Gasteiger partial charge in [-0.25, -0.2) is 8.42 Å². The molecule has 114 valence electrons. The number of nitrogens with zero attached hydrogens (tertiary/aromatic N) is 2. The van der Waals surface area contributed by atoms with Crippen LogP contribution in [-0.4, -0.2) is 37.0 Å². The number of hydrogen-bond acceptors (Lipinski definition) is 4. The molecule has 0 aliphatic heterocycles. The maximum absolute atomic E-state index is 12.7. The van der Waals surface area contributed by atoms with Gasteiger partial charge in [-0.3, -0.25) is 0 Å². The summed E-state index contributed by atoms with van der Waals surface area (Å²) in [6, 6.07) is 8.75. The number of aliphatic hydroxyl groups is 1. The number of benzene rings is 1. The fraction of sp³-hybridized carbons (Fsp3) is 0.533. The minimum atomic E-state index is -3.53. The fourth-order valence-electron chi connectivity index (χ4n) is 2.87. The summed E-state index contributed by atoms with van der Waals surface area (Å²) in [5, 5.41) is 18.2. The van der Waals surface area contributed by atoms with Crippen molar-refractivity contribution in [3.05, 3.63) is 35.4 Å². The molecule has 0 radical (unpaired) electrons. The van der Waals surface area contributed by atoms with Crippen molar-refractivity contribution < 1.29 is 13.5 Å². The van der Waals surface area contributed by atoms with Gasteiger partial charge in [0.2, 0.25) is 10.0 Å². The first kappa shape index (κ1) is 16.0. The summed E-state index contributed by atoms with van der Waals surface area (Å²) in [5.74, 6) is -0.187. The van der Waals surface area contributed by atoms with E-state index < -0.39 is 10.0 Å². The molecule has 21 heavy (non-hydrogen) atoms. The van der Waals surface area contributed by atoms with Gasteiger partial charge in [0.05, 0.1) is 24.0 Å². The molecule has 1 aromatic carbocycles. The molecule has 0 unspecified atom stereocenters. The molecule has 6 heteroatoms. The minimum absolute atomic E-state index is 0.0172. The molecule has 5 nitrogen and oxygen atoms in total. The van der Waals surface area contributed by atoms with Crippen LogP contribution in [0.1, 0.15) is 36.8 Å². The summed E-state index contributed by atoms with van der Waals surface area (Å²) >= 11 is 0. The van der Waals surface area contributed by atoms with E-state index >= 15 is 0 Å². The van der Waals surface area contributed by atoms with Gasteiger partial charge in [-0.05, 0) is 24.5 Å². The molecule has 0 atom stereocenters. The molecule has 1 fully saturated rings. The molecule has 2 rings (SSSR count). The lowest BCUT2D eigenvalue weighted by Crippen LogP contribution is -2.41. The molecular weight excluding hydrogens is 288 g/mol. The van der Waals surface area contributed by atoms with Gasteiger partial charge in [-0.15, -0.1) is 0 Å². The lowest BCUT2D eigenvalue weighted by atomic mass is 10.1. The summed E-state index contributed by atoms with van der Waals surface area (Å²) < 4.78 is 26.7. The van der Waals surface area contributed by atoms with Crippen LogP contribution >= 0.6 is 0 Å². The summed E-state index contributed by atoms with van der Waals surface area (Å²) in [6.07, 6.45) is 3.74. The highest BCUT2D eigenvalue weighted by Gasteiger charge is 2.32. The van der Waals surface area contributed by atoms with Crippen molar-refractivity contribution in [1.82, 2.24) is 4.31 Å². The van der Waals surface area contributed by atoms with Crippen molar-refractivity contribution in [2.24, 2.45) is 0 Å². The van der Waals surface area contributed by atoms with Crippen molar-refractivity contribution in [3.63, 3.8) is 0 Å². The third-order valence-corrected chi connectivity index (χ3v) is 5.76. The maximum Gasteiger partial charge on any atom is 0.218 e. The average molecular weight is 308 g/mol. The van der Waals surface area contributed by atoms with Crippen LogP contribution < -0.4 is 0 Å². The van der Waals surface area contributed by atoms with E-state index in [4.69, 9.17) is 10.4 Å². The van der Waals surface area contributed by atoms with E-state index in [1.807, 2.05) is 6.07 Å². The van der Waals surface area contributed by atoms with Crippen molar-refractivity contribution in [2.75, 3.05) is 13.2 Å². The highest BCUT2D eigenvalue weighted by atomic mass is 32.2. The van der Waals surface area contributed by atoms with Crippen molar-refractivity contribution >= 4 is 10.0 Å².